The predicted molar refractivity (Wildman–Crippen MR) is 69.5 cm³/mol. The summed E-state index contributed by atoms with van der Waals surface area (Å²) in [6.07, 6.45) is 5.82. The summed E-state index contributed by atoms with van der Waals surface area (Å²) in [6, 6.07) is 5.77. The summed E-state index contributed by atoms with van der Waals surface area (Å²) in [7, 11) is 0. The van der Waals surface area contributed by atoms with Gasteiger partial charge in [0.1, 0.15) is 5.65 Å². The molecular weight excluding hydrogens is 228 g/mol. The van der Waals surface area contributed by atoms with Gasteiger partial charge < -0.3 is 9.51 Å². The number of aromatic nitrogens is 2. The molecule has 2 heterocycles. The van der Waals surface area contributed by atoms with E-state index in [9.17, 15) is 9.90 Å². The van der Waals surface area contributed by atoms with Crippen LogP contribution in [-0.2, 0) is 11.2 Å². The Morgan fingerprint density at radius 1 is 1.50 bits per heavy atom. The summed E-state index contributed by atoms with van der Waals surface area (Å²) in [5.41, 5.74) is 0.962. The second-order valence-corrected chi connectivity index (χ2v) is 4.99. The first kappa shape index (κ1) is 12.6. The van der Waals surface area contributed by atoms with Gasteiger partial charge in [0.15, 0.2) is 0 Å². The maximum atomic E-state index is 11.4. The highest BCUT2D eigenvalue weighted by atomic mass is 16.4. The maximum absolute atomic E-state index is 11.4. The topological polar surface area (TPSA) is 54.6 Å². The highest BCUT2D eigenvalue weighted by Gasteiger charge is 2.33. The number of carboxylic acids is 1. The van der Waals surface area contributed by atoms with Crippen molar-refractivity contribution in [2.24, 2.45) is 5.41 Å². The first-order valence-corrected chi connectivity index (χ1v) is 6.21. The molecule has 0 aliphatic heterocycles. The summed E-state index contributed by atoms with van der Waals surface area (Å²) in [6.45, 7) is 3.80. The third-order valence-electron chi connectivity index (χ3n) is 3.30. The van der Waals surface area contributed by atoms with E-state index < -0.39 is 11.4 Å². The molecule has 1 atom stereocenters. The first-order valence-electron chi connectivity index (χ1n) is 6.21. The van der Waals surface area contributed by atoms with E-state index in [1.165, 1.54) is 0 Å². The van der Waals surface area contributed by atoms with E-state index in [2.05, 4.69) is 4.98 Å². The molecule has 0 spiro atoms. The van der Waals surface area contributed by atoms with E-state index in [1.807, 2.05) is 41.9 Å². The Bertz CT molecular complexity index is 529. The van der Waals surface area contributed by atoms with E-state index in [1.54, 1.807) is 6.92 Å². The molecule has 0 saturated carbocycles. The average molecular weight is 246 g/mol. The van der Waals surface area contributed by atoms with Crippen LogP contribution < -0.4 is 0 Å². The van der Waals surface area contributed by atoms with Gasteiger partial charge in [0.2, 0.25) is 0 Å². The van der Waals surface area contributed by atoms with Crippen molar-refractivity contribution in [1.82, 2.24) is 9.38 Å². The van der Waals surface area contributed by atoms with E-state index in [4.69, 9.17) is 0 Å². The highest BCUT2D eigenvalue weighted by molar-refractivity contribution is 5.74. The van der Waals surface area contributed by atoms with Crippen molar-refractivity contribution in [1.29, 1.82) is 0 Å². The number of hydrogen-bond acceptors (Lipinski definition) is 2. The SMILES string of the molecule is CCCC(C)(Cc1cn2ccccc2n1)C(=O)O. The first-order chi connectivity index (χ1) is 8.55. The number of fused-ring (bicyclic) bond motifs is 1. The number of imidazole rings is 1. The largest absolute Gasteiger partial charge is 0.481 e. The van der Waals surface area contributed by atoms with Crippen LogP contribution in [-0.4, -0.2) is 20.5 Å². The third kappa shape index (κ3) is 2.37. The normalized spacial score (nSPS) is 14.6. The summed E-state index contributed by atoms with van der Waals surface area (Å²) in [5, 5.41) is 9.37. The molecule has 0 aliphatic rings. The minimum atomic E-state index is -0.749. The van der Waals surface area contributed by atoms with Crippen molar-refractivity contribution in [2.75, 3.05) is 0 Å². The lowest BCUT2D eigenvalue weighted by Gasteiger charge is -2.22. The standard InChI is InChI=1S/C14H18N2O2/c1-3-7-14(2,13(17)18)9-11-10-16-8-5-4-6-12(16)15-11/h4-6,8,10H,3,7,9H2,1-2H3,(H,17,18). The third-order valence-corrected chi connectivity index (χ3v) is 3.30. The lowest BCUT2D eigenvalue weighted by atomic mass is 9.81. The van der Waals surface area contributed by atoms with Crippen molar-refractivity contribution < 1.29 is 9.90 Å². The zero-order valence-corrected chi connectivity index (χ0v) is 10.8. The van der Waals surface area contributed by atoms with Gasteiger partial charge in [0, 0.05) is 18.8 Å². The Morgan fingerprint density at radius 2 is 2.28 bits per heavy atom. The molecule has 18 heavy (non-hydrogen) atoms. The smallest absolute Gasteiger partial charge is 0.309 e. The van der Waals surface area contributed by atoms with Gasteiger partial charge in [-0.2, -0.15) is 0 Å². The molecule has 0 bridgehead atoms. The Kier molecular flexibility index (Phi) is 3.36. The number of rotatable bonds is 5. The van der Waals surface area contributed by atoms with Gasteiger partial charge in [0.25, 0.3) is 0 Å². The fourth-order valence-corrected chi connectivity index (χ4v) is 2.29. The minimum absolute atomic E-state index is 0.470. The summed E-state index contributed by atoms with van der Waals surface area (Å²) in [4.78, 5) is 15.9. The minimum Gasteiger partial charge on any atom is -0.481 e. The summed E-state index contributed by atoms with van der Waals surface area (Å²) in [5.74, 6) is -0.749. The van der Waals surface area contributed by atoms with E-state index in [0.29, 0.717) is 12.8 Å². The molecule has 0 aromatic carbocycles. The van der Waals surface area contributed by atoms with Crippen LogP contribution in [0.5, 0.6) is 0 Å². The van der Waals surface area contributed by atoms with Gasteiger partial charge in [-0.05, 0) is 25.5 Å². The van der Waals surface area contributed by atoms with Gasteiger partial charge in [-0.15, -0.1) is 0 Å². The van der Waals surface area contributed by atoms with Gasteiger partial charge in [-0.25, -0.2) is 4.98 Å². The lowest BCUT2D eigenvalue weighted by molar-refractivity contribution is -0.148. The Morgan fingerprint density at radius 3 is 2.89 bits per heavy atom. The van der Waals surface area contributed by atoms with Crippen molar-refractivity contribution in [3.05, 3.63) is 36.3 Å². The quantitative estimate of drug-likeness (QED) is 0.882. The summed E-state index contributed by atoms with van der Waals surface area (Å²) >= 11 is 0. The molecule has 0 fully saturated rings. The van der Waals surface area contributed by atoms with Crippen LogP contribution in [0.1, 0.15) is 32.4 Å². The van der Waals surface area contributed by atoms with Crippen LogP contribution in [0.3, 0.4) is 0 Å². The van der Waals surface area contributed by atoms with Crippen LogP contribution in [0.4, 0.5) is 0 Å². The molecule has 0 aliphatic carbocycles. The van der Waals surface area contributed by atoms with Gasteiger partial charge in [-0.3, -0.25) is 4.79 Å². The second kappa shape index (κ2) is 4.80. The van der Waals surface area contributed by atoms with Crippen LogP contribution >= 0.6 is 0 Å². The zero-order valence-electron chi connectivity index (χ0n) is 10.8. The molecular formula is C14H18N2O2. The predicted octanol–water partition coefficient (Wildman–Crippen LogP) is 2.77. The molecule has 4 nitrogen and oxygen atoms in total. The number of carbonyl (C=O) groups is 1. The number of hydrogen-bond donors (Lipinski definition) is 1. The lowest BCUT2D eigenvalue weighted by Crippen LogP contribution is -2.30. The van der Waals surface area contributed by atoms with Crippen molar-refractivity contribution >= 4 is 11.6 Å². The second-order valence-electron chi connectivity index (χ2n) is 4.99. The Labute approximate surface area is 106 Å². The average Bonchev–Trinajstić information content (AvgIpc) is 2.70. The molecule has 0 amide bonds. The molecule has 2 aromatic rings. The Balaban J connectivity index is 2.28. The van der Waals surface area contributed by atoms with Gasteiger partial charge in [0.05, 0.1) is 11.1 Å². The number of pyridine rings is 1. The molecule has 1 unspecified atom stereocenters. The Hall–Kier alpha value is -1.84. The monoisotopic (exact) mass is 246 g/mol. The molecule has 1 N–H and O–H groups in total. The van der Waals surface area contributed by atoms with E-state index in [0.717, 1.165) is 17.8 Å². The molecule has 4 heteroatoms. The van der Waals surface area contributed by atoms with Crippen LogP contribution in [0.25, 0.3) is 5.65 Å². The number of carboxylic acid groups (broad SMARTS) is 1. The van der Waals surface area contributed by atoms with Crippen LogP contribution in [0, 0.1) is 5.41 Å². The zero-order chi connectivity index (χ0) is 13.2. The fraction of sp³-hybridized carbons (Fsp3) is 0.429. The highest BCUT2D eigenvalue weighted by Crippen LogP contribution is 2.28. The van der Waals surface area contributed by atoms with E-state index in [-0.39, 0.29) is 0 Å². The molecule has 0 radical (unpaired) electrons. The van der Waals surface area contributed by atoms with Crippen molar-refractivity contribution in [2.45, 2.75) is 33.1 Å². The number of nitrogens with zero attached hydrogens (tertiary/aromatic N) is 2. The molecule has 0 saturated heterocycles. The van der Waals surface area contributed by atoms with Gasteiger partial charge >= 0.3 is 5.97 Å². The number of aliphatic carboxylic acids is 1. The van der Waals surface area contributed by atoms with Crippen molar-refractivity contribution in [3.63, 3.8) is 0 Å². The molecule has 2 aromatic heterocycles. The maximum Gasteiger partial charge on any atom is 0.309 e. The van der Waals surface area contributed by atoms with Crippen LogP contribution in [0.2, 0.25) is 0 Å². The molecule has 96 valence electrons. The van der Waals surface area contributed by atoms with E-state index >= 15 is 0 Å². The fourth-order valence-electron chi connectivity index (χ4n) is 2.29. The van der Waals surface area contributed by atoms with Crippen LogP contribution in [0.15, 0.2) is 30.6 Å². The summed E-state index contributed by atoms with van der Waals surface area (Å²) < 4.78 is 1.92. The van der Waals surface area contributed by atoms with Crippen molar-refractivity contribution in [3.8, 4) is 0 Å². The molecule has 2 rings (SSSR count). The van der Waals surface area contributed by atoms with Gasteiger partial charge in [-0.1, -0.05) is 19.4 Å².